The van der Waals surface area contributed by atoms with Crippen LogP contribution in [0.2, 0.25) is 0 Å². The smallest absolute Gasteiger partial charge is 0.262 e. The molecule has 3 rings (SSSR count). The fourth-order valence-electron chi connectivity index (χ4n) is 3.33. The number of nitrogens with zero attached hydrogens (tertiary/aromatic N) is 1. The topological polar surface area (TPSA) is 89.0 Å². The summed E-state index contributed by atoms with van der Waals surface area (Å²) >= 11 is 3.42. The molecule has 3 aromatic carbocycles. The maximum Gasteiger partial charge on any atom is 0.262 e. The molecule has 1 unspecified atom stereocenters. The fraction of sp³-hybridized carbons (Fsp3) is 0.250. The van der Waals surface area contributed by atoms with Gasteiger partial charge in [-0.2, -0.15) is 5.10 Å². The van der Waals surface area contributed by atoms with E-state index in [4.69, 9.17) is 9.47 Å². The molecule has 1 atom stereocenters. The Bertz CT molecular complexity index is 1230. The number of ether oxygens (including phenoxy) is 2. The standard InChI is InChI=1S/C28H29BrFN3O4/c1-4-36-25-15-20(7-14-24(25)37-17-19-5-10-22(29)11-6-19)16-31-33-28(35)26(18(2)3)32-27(34)21-8-12-23(30)13-9-21/h5-16,18,26H,4,17H2,1-3H3,(H,32,34)(H,33,35). The molecule has 9 heteroatoms. The average Bonchev–Trinajstić information content (AvgIpc) is 2.88. The van der Waals surface area contributed by atoms with E-state index in [-0.39, 0.29) is 11.5 Å². The van der Waals surface area contributed by atoms with Crippen LogP contribution in [0, 0.1) is 11.7 Å². The first-order chi connectivity index (χ1) is 17.8. The summed E-state index contributed by atoms with van der Waals surface area (Å²) < 4.78 is 25.8. The lowest BCUT2D eigenvalue weighted by atomic mass is 10.0. The SMILES string of the molecule is CCOc1cc(C=NNC(=O)C(NC(=O)c2ccc(F)cc2)C(C)C)ccc1OCc1ccc(Br)cc1. The van der Waals surface area contributed by atoms with Crippen molar-refractivity contribution in [2.45, 2.75) is 33.4 Å². The Labute approximate surface area is 224 Å². The highest BCUT2D eigenvalue weighted by molar-refractivity contribution is 9.10. The molecule has 0 saturated heterocycles. The maximum atomic E-state index is 13.1. The second kappa shape index (κ2) is 13.5. The first kappa shape index (κ1) is 27.9. The highest BCUT2D eigenvalue weighted by Crippen LogP contribution is 2.29. The normalized spacial score (nSPS) is 11.8. The van der Waals surface area contributed by atoms with Gasteiger partial charge in [0.05, 0.1) is 12.8 Å². The molecule has 0 fully saturated rings. The zero-order valence-corrected chi connectivity index (χ0v) is 22.4. The molecular weight excluding hydrogens is 541 g/mol. The molecule has 0 aliphatic carbocycles. The molecule has 3 aromatic rings. The number of hydrogen-bond acceptors (Lipinski definition) is 5. The summed E-state index contributed by atoms with van der Waals surface area (Å²) in [4.78, 5) is 25.2. The van der Waals surface area contributed by atoms with Crippen molar-refractivity contribution in [3.05, 3.63) is 93.7 Å². The molecular formula is C28H29BrFN3O4. The molecule has 7 nitrogen and oxygen atoms in total. The average molecular weight is 570 g/mol. The van der Waals surface area contributed by atoms with Gasteiger partial charge in [0, 0.05) is 10.0 Å². The largest absolute Gasteiger partial charge is 0.490 e. The minimum Gasteiger partial charge on any atom is -0.490 e. The van der Waals surface area contributed by atoms with E-state index >= 15 is 0 Å². The van der Waals surface area contributed by atoms with Crippen LogP contribution in [0.3, 0.4) is 0 Å². The third kappa shape index (κ3) is 8.42. The van der Waals surface area contributed by atoms with Crippen molar-refractivity contribution in [2.24, 2.45) is 11.0 Å². The van der Waals surface area contributed by atoms with Gasteiger partial charge in [0.25, 0.3) is 11.8 Å². The van der Waals surface area contributed by atoms with Gasteiger partial charge in [0.15, 0.2) is 11.5 Å². The molecule has 0 heterocycles. The first-order valence-electron chi connectivity index (χ1n) is 11.8. The summed E-state index contributed by atoms with van der Waals surface area (Å²) in [7, 11) is 0. The molecule has 2 N–H and O–H groups in total. The number of amides is 2. The van der Waals surface area contributed by atoms with E-state index in [9.17, 15) is 14.0 Å². The highest BCUT2D eigenvalue weighted by Gasteiger charge is 2.24. The number of benzene rings is 3. The van der Waals surface area contributed by atoms with Crippen LogP contribution in [0.5, 0.6) is 11.5 Å². The Kier molecular flexibility index (Phi) is 10.2. The zero-order chi connectivity index (χ0) is 26.8. The fourth-order valence-corrected chi connectivity index (χ4v) is 3.60. The number of hydrazone groups is 1. The predicted octanol–water partition coefficient (Wildman–Crippen LogP) is 5.47. The van der Waals surface area contributed by atoms with E-state index in [0.29, 0.717) is 30.3 Å². The van der Waals surface area contributed by atoms with E-state index in [0.717, 1.165) is 10.0 Å². The number of rotatable bonds is 11. The van der Waals surface area contributed by atoms with Crippen LogP contribution in [0.1, 0.15) is 42.3 Å². The van der Waals surface area contributed by atoms with Gasteiger partial charge < -0.3 is 14.8 Å². The number of hydrogen-bond donors (Lipinski definition) is 2. The summed E-state index contributed by atoms with van der Waals surface area (Å²) in [5, 5.41) is 6.72. The summed E-state index contributed by atoms with van der Waals surface area (Å²) in [6.45, 7) is 6.33. The van der Waals surface area contributed by atoms with E-state index < -0.39 is 23.7 Å². The molecule has 0 bridgehead atoms. The van der Waals surface area contributed by atoms with Crippen molar-refractivity contribution in [2.75, 3.05) is 6.61 Å². The van der Waals surface area contributed by atoms with E-state index in [1.54, 1.807) is 32.0 Å². The number of carbonyl (C=O) groups is 2. The molecule has 0 saturated carbocycles. The Morgan fingerprint density at radius 3 is 2.35 bits per heavy atom. The monoisotopic (exact) mass is 569 g/mol. The second-order valence-electron chi connectivity index (χ2n) is 8.49. The summed E-state index contributed by atoms with van der Waals surface area (Å²) in [5.41, 5.74) is 4.44. The Hall–Kier alpha value is -3.72. The molecule has 0 aliphatic rings. The van der Waals surface area contributed by atoms with Crippen LogP contribution in [0.25, 0.3) is 0 Å². The van der Waals surface area contributed by atoms with Gasteiger partial charge in [-0.3, -0.25) is 9.59 Å². The third-order valence-electron chi connectivity index (χ3n) is 5.31. The van der Waals surface area contributed by atoms with Gasteiger partial charge in [-0.25, -0.2) is 9.82 Å². The van der Waals surface area contributed by atoms with Crippen molar-refractivity contribution in [3.63, 3.8) is 0 Å². The summed E-state index contributed by atoms with van der Waals surface area (Å²) in [6, 6.07) is 17.5. The van der Waals surface area contributed by atoms with Crippen LogP contribution >= 0.6 is 15.9 Å². The Balaban J connectivity index is 1.62. The lowest BCUT2D eigenvalue weighted by Crippen LogP contribution is -2.48. The minimum atomic E-state index is -0.830. The van der Waals surface area contributed by atoms with Crippen molar-refractivity contribution in [1.82, 2.24) is 10.7 Å². The molecule has 2 amide bonds. The number of halogens is 2. The lowest BCUT2D eigenvalue weighted by Gasteiger charge is -2.20. The van der Waals surface area contributed by atoms with Crippen LogP contribution < -0.4 is 20.2 Å². The van der Waals surface area contributed by atoms with Gasteiger partial charge in [-0.15, -0.1) is 0 Å². The molecule has 194 valence electrons. The molecule has 37 heavy (non-hydrogen) atoms. The molecule has 0 aromatic heterocycles. The predicted molar refractivity (Wildman–Crippen MR) is 144 cm³/mol. The van der Waals surface area contributed by atoms with E-state index in [1.165, 1.54) is 30.5 Å². The van der Waals surface area contributed by atoms with Gasteiger partial charge in [-0.1, -0.05) is 41.9 Å². The van der Waals surface area contributed by atoms with Gasteiger partial charge in [0.2, 0.25) is 0 Å². The second-order valence-corrected chi connectivity index (χ2v) is 9.41. The third-order valence-corrected chi connectivity index (χ3v) is 5.83. The van der Waals surface area contributed by atoms with Crippen LogP contribution in [-0.2, 0) is 11.4 Å². The Morgan fingerprint density at radius 1 is 1.00 bits per heavy atom. The zero-order valence-electron chi connectivity index (χ0n) is 20.8. The van der Waals surface area contributed by atoms with Crippen molar-refractivity contribution >= 4 is 34.0 Å². The van der Waals surface area contributed by atoms with Crippen molar-refractivity contribution in [3.8, 4) is 11.5 Å². The van der Waals surface area contributed by atoms with Crippen molar-refractivity contribution < 1.29 is 23.5 Å². The first-order valence-corrected chi connectivity index (χ1v) is 12.6. The lowest BCUT2D eigenvalue weighted by molar-refractivity contribution is -0.123. The summed E-state index contributed by atoms with van der Waals surface area (Å²) in [5.74, 6) is -0.443. The van der Waals surface area contributed by atoms with Crippen LogP contribution in [0.15, 0.2) is 76.3 Å². The van der Waals surface area contributed by atoms with E-state index in [2.05, 4.69) is 31.8 Å². The quantitative estimate of drug-likeness (QED) is 0.237. The molecule has 0 radical (unpaired) electrons. The maximum absolute atomic E-state index is 13.1. The van der Waals surface area contributed by atoms with Crippen LogP contribution in [-0.4, -0.2) is 30.7 Å². The van der Waals surface area contributed by atoms with Crippen molar-refractivity contribution in [1.29, 1.82) is 0 Å². The minimum absolute atomic E-state index is 0.202. The number of nitrogens with one attached hydrogen (secondary N) is 2. The highest BCUT2D eigenvalue weighted by atomic mass is 79.9. The number of carbonyl (C=O) groups excluding carboxylic acids is 2. The molecule has 0 spiro atoms. The van der Waals surface area contributed by atoms with Gasteiger partial charge in [-0.05, 0) is 78.6 Å². The van der Waals surface area contributed by atoms with Gasteiger partial charge in [0.1, 0.15) is 18.5 Å². The van der Waals surface area contributed by atoms with Gasteiger partial charge >= 0.3 is 0 Å². The summed E-state index contributed by atoms with van der Waals surface area (Å²) in [6.07, 6.45) is 1.48. The van der Waals surface area contributed by atoms with Crippen LogP contribution in [0.4, 0.5) is 4.39 Å². The Morgan fingerprint density at radius 2 is 1.70 bits per heavy atom. The molecule has 0 aliphatic heterocycles. The van der Waals surface area contributed by atoms with E-state index in [1.807, 2.05) is 31.2 Å².